The van der Waals surface area contributed by atoms with Crippen molar-refractivity contribution in [3.8, 4) is 0 Å². The molecular formula is C20H28ClN5O3. The summed E-state index contributed by atoms with van der Waals surface area (Å²) in [6.45, 7) is 9.24. The SMILES string of the molecule is CC[C@H](N)c1nc2cccc(Cl)c2c(=O)n1N1CCN(C(=O)OC(C)(C)C)CC1. The van der Waals surface area contributed by atoms with Crippen LogP contribution in [0.5, 0.6) is 0 Å². The molecule has 3 rings (SSSR count). The zero-order valence-corrected chi connectivity index (χ0v) is 18.1. The lowest BCUT2D eigenvalue weighted by Gasteiger charge is -2.38. The van der Waals surface area contributed by atoms with Crippen LogP contribution in [0.3, 0.4) is 0 Å². The Hall–Kier alpha value is -2.32. The normalized spacial score (nSPS) is 16.2. The third-order valence-corrected chi connectivity index (χ3v) is 5.13. The first-order valence-electron chi connectivity index (χ1n) is 9.82. The summed E-state index contributed by atoms with van der Waals surface area (Å²) >= 11 is 6.29. The van der Waals surface area contributed by atoms with E-state index in [9.17, 15) is 9.59 Å². The van der Waals surface area contributed by atoms with Crippen LogP contribution < -0.4 is 16.3 Å². The van der Waals surface area contributed by atoms with Gasteiger partial charge in [0, 0.05) is 13.1 Å². The maximum Gasteiger partial charge on any atom is 0.410 e. The molecule has 1 aromatic carbocycles. The van der Waals surface area contributed by atoms with Crippen molar-refractivity contribution in [1.82, 2.24) is 14.6 Å². The molecule has 2 aromatic rings. The fraction of sp³-hybridized carbons (Fsp3) is 0.550. The van der Waals surface area contributed by atoms with Gasteiger partial charge in [-0.15, -0.1) is 0 Å². The molecule has 1 aliphatic heterocycles. The maximum atomic E-state index is 13.3. The van der Waals surface area contributed by atoms with Gasteiger partial charge in [0.05, 0.1) is 35.1 Å². The highest BCUT2D eigenvalue weighted by Gasteiger charge is 2.28. The van der Waals surface area contributed by atoms with E-state index in [0.717, 1.165) is 0 Å². The lowest BCUT2D eigenvalue weighted by Crippen LogP contribution is -2.57. The minimum Gasteiger partial charge on any atom is -0.444 e. The van der Waals surface area contributed by atoms with Gasteiger partial charge in [0.1, 0.15) is 11.4 Å². The van der Waals surface area contributed by atoms with Crippen LogP contribution in [0, 0.1) is 0 Å². The van der Waals surface area contributed by atoms with E-state index in [-0.39, 0.29) is 11.7 Å². The molecule has 8 nitrogen and oxygen atoms in total. The van der Waals surface area contributed by atoms with Gasteiger partial charge >= 0.3 is 6.09 Å². The van der Waals surface area contributed by atoms with E-state index >= 15 is 0 Å². The van der Waals surface area contributed by atoms with Crippen LogP contribution in [-0.2, 0) is 4.74 Å². The number of aromatic nitrogens is 2. The summed E-state index contributed by atoms with van der Waals surface area (Å²) in [7, 11) is 0. The smallest absolute Gasteiger partial charge is 0.410 e. The molecule has 1 atom stereocenters. The molecule has 0 spiro atoms. The number of nitrogens with two attached hydrogens (primary N) is 1. The lowest BCUT2D eigenvalue weighted by molar-refractivity contribution is 0.0231. The van der Waals surface area contributed by atoms with E-state index < -0.39 is 11.6 Å². The first kappa shape index (κ1) is 21.4. The molecule has 2 heterocycles. The Bertz CT molecular complexity index is 961. The van der Waals surface area contributed by atoms with Crippen LogP contribution in [0.2, 0.25) is 5.02 Å². The molecule has 9 heteroatoms. The van der Waals surface area contributed by atoms with Gasteiger partial charge in [-0.25, -0.2) is 14.5 Å². The predicted molar refractivity (Wildman–Crippen MR) is 114 cm³/mol. The van der Waals surface area contributed by atoms with Crippen LogP contribution >= 0.6 is 11.6 Å². The van der Waals surface area contributed by atoms with E-state index in [1.807, 2.05) is 32.7 Å². The molecule has 0 saturated carbocycles. The highest BCUT2D eigenvalue weighted by atomic mass is 35.5. The second-order valence-corrected chi connectivity index (χ2v) is 8.56. The summed E-state index contributed by atoms with van der Waals surface area (Å²) in [4.78, 5) is 32.0. The van der Waals surface area contributed by atoms with Gasteiger partial charge in [-0.2, -0.15) is 0 Å². The van der Waals surface area contributed by atoms with Crippen molar-refractivity contribution in [3.05, 3.63) is 39.4 Å². The van der Waals surface area contributed by atoms with Gasteiger partial charge in [0.2, 0.25) is 0 Å². The number of carbonyl (C=O) groups excluding carboxylic acids is 1. The Morgan fingerprint density at radius 2 is 1.93 bits per heavy atom. The average molecular weight is 422 g/mol. The van der Waals surface area contributed by atoms with Gasteiger partial charge in [0.15, 0.2) is 0 Å². The monoisotopic (exact) mass is 421 g/mol. The highest BCUT2D eigenvalue weighted by molar-refractivity contribution is 6.35. The molecule has 1 aliphatic rings. The Balaban J connectivity index is 1.94. The molecule has 1 aromatic heterocycles. The van der Waals surface area contributed by atoms with Crippen LogP contribution in [0.4, 0.5) is 4.79 Å². The molecule has 1 saturated heterocycles. The second kappa shape index (κ2) is 8.20. The molecule has 0 aliphatic carbocycles. The third kappa shape index (κ3) is 4.48. The van der Waals surface area contributed by atoms with Crippen molar-refractivity contribution in [1.29, 1.82) is 0 Å². The second-order valence-electron chi connectivity index (χ2n) is 8.16. The van der Waals surface area contributed by atoms with E-state index in [2.05, 4.69) is 4.98 Å². The fourth-order valence-corrected chi connectivity index (χ4v) is 3.55. The lowest BCUT2D eigenvalue weighted by atomic mass is 10.2. The average Bonchev–Trinajstić information content (AvgIpc) is 2.66. The van der Waals surface area contributed by atoms with Crippen molar-refractivity contribution in [2.75, 3.05) is 31.2 Å². The van der Waals surface area contributed by atoms with Crippen LogP contribution in [0.1, 0.15) is 46.0 Å². The number of ether oxygens (including phenoxy) is 1. The molecule has 0 bridgehead atoms. The first-order valence-corrected chi connectivity index (χ1v) is 10.2. The summed E-state index contributed by atoms with van der Waals surface area (Å²) in [6, 6.07) is 4.81. The molecule has 0 radical (unpaired) electrons. The fourth-order valence-electron chi connectivity index (χ4n) is 3.30. The predicted octanol–water partition coefficient (Wildman–Crippen LogP) is 2.65. The number of hydrogen-bond donors (Lipinski definition) is 1. The number of carbonyl (C=O) groups is 1. The molecular weight excluding hydrogens is 394 g/mol. The Morgan fingerprint density at radius 1 is 1.28 bits per heavy atom. The van der Waals surface area contributed by atoms with Gasteiger partial charge in [-0.05, 0) is 39.3 Å². The van der Waals surface area contributed by atoms with Crippen LogP contribution in [0.15, 0.2) is 23.0 Å². The summed E-state index contributed by atoms with van der Waals surface area (Å²) in [5.41, 5.74) is 6.02. The number of fused-ring (bicyclic) bond motifs is 1. The molecule has 0 unspecified atom stereocenters. The Kier molecular flexibility index (Phi) is 6.05. The van der Waals surface area contributed by atoms with Gasteiger partial charge in [-0.3, -0.25) is 4.79 Å². The third-order valence-electron chi connectivity index (χ3n) is 4.81. The van der Waals surface area contributed by atoms with Crippen molar-refractivity contribution >= 4 is 28.6 Å². The molecule has 1 amide bonds. The first-order chi connectivity index (χ1) is 13.6. The molecule has 158 valence electrons. The molecule has 1 fully saturated rings. The van der Waals surface area contributed by atoms with Gasteiger partial charge < -0.3 is 20.4 Å². The number of halogens is 1. The van der Waals surface area contributed by atoms with E-state index in [1.165, 1.54) is 4.68 Å². The van der Waals surface area contributed by atoms with E-state index in [1.54, 1.807) is 23.1 Å². The number of rotatable bonds is 3. The maximum absolute atomic E-state index is 13.3. The summed E-state index contributed by atoms with van der Waals surface area (Å²) in [5, 5.41) is 2.61. The van der Waals surface area contributed by atoms with Gasteiger partial charge in [0.25, 0.3) is 5.56 Å². The molecule has 2 N–H and O–H groups in total. The number of benzene rings is 1. The Labute approximate surface area is 175 Å². The Morgan fingerprint density at radius 3 is 2.52 bits per heavy atom. The number of hydrogen-bond acceptors (Lipinski definition) is 6. The quantitative estimate of drug-likeness (QED) is 0.818. The number of nitrogens with zero attached hydrogens (tertiary/aromatic N) is 4. The van der Waals surface area contributed by atoms with Crippen molar-refractivity contribution < 1.29 is 9.53 Å². The van der Waals surface area contributed by atoms with Crippen LogP contribution in [0.25, 0.3) is 10.9 Å². The van der Waals surface area contributed by atoms with Crippen LogP contribution in [-0.4, -0.2) is 52.4 Å². The highest BCUT2D eigenvalue weighted by Crippen LogP contribution is 2.21. The topological polar surface area (TPSA) is 93.7 Å². The zero-order chi connectivity index (χ0) is 21.3. The van der Waals surface area contributed by atoms with Crippen molar-refractivity contribution in [2.45, 2.75) is 45.8 Å². The number of amides is 1. The minimum absolute atomic E-state index is 0.245. The summed E-state index contributed by atoms with van der Waals surface area (Å²) < 4.78 is 6.98. The summed E-state index contributed by atoms with van der Waals surface area (Å²) in [5.74, 6) is 0.498. The van der Waals surface area contributed by atoms with Gasteiger partial charge in [-0.1, -0.05) is 24.6 Å². The summed E-state index contributed by atoms with van der Waals surface area (Å²) in [6.07, 6.45) is 0.283. The zero-order valence-electron chi connectivity index (χ0n) is 17.3. The number of piperazine rings is 1. The van der Waals surface area contributed by atoms with Crippen molar-refractivity contribution in [2.24, 2.45) is 5.73 Å². The van der Waals surface area contributed by atoms with Crippen molar-refractivity contribution in [3.63, 3.8) is 0 Å². The minimum atomic E-state index is -0.550. The van der Waals surface area contributed by atoms with E-state index in [0.29, 0.717) is 54.3 Å². The van der Waals surface area contributed by atoms with E-state index in [4.69, 9.17) is 22.1 Å². The largest absolute Gasteiger partial charge is 0.444 e. The molecule has 29 heavy (non-hydrogen) atoms. The standard InChI is InChI=1S/C20H28ClN5O3/c1-5-14(22)17-23-15-8-6-7-13(21)16(15)18(27)26(17)25-11-9-24(10-12-25)19(28)29-20(2,3)4/h6-8,14H,5,9-12,22H2,1-4H3/t14-/m0/s1.